The Hall–Kier alpha value is -2.27. The van der Waals surface area contributed by atoms with Crippen LogP contribution in [0.15, 0.2) is 67.0 Å². The molecule has 1 fully saturated rings. The Morgan fingerprint density at radius 1 is 0.963 bits per heavy atom. The number of nitrogens with zero attached hydrogens (tertiary/aromatic N) is 3. The van der Waals surface area contributed by atoms with Crippen LogP contribution in [0.1, 0.15) is 17.5 Å². The van der Waals surface area contributed by atoms with Gasteiger partial charge in [0.15, 0.2) is 0 Å². The lowest BCUT2D eigenvalue weighted by Gasteiger charge is -2.41. The second kappa shape index (κ2) is 8.61. The number of benzene rings is 2. The first-order valence-electron chi connectivity index (χ1n) is 9.76. The second-order valence-electron chi connectivity index (χ2n) is 7.37. The molecule has 27 heavy (non-hydrogen) atoms. The number of rotatable bonds is 6. The van der Waals surface area contributed by atoms with Gasteiger partial charge in [-0.25, -0.2) is 0 Å². The Balaban J connectivity index is 1.46. The van der Waals surface area contributed by atoms with Crippen molar-refractivity contribution in [3.8, 4) is 0 Å². The zero-order valence-electron chi connectivity index (χ0n) is 15.7. The molecule has 4 rings (SSSR count). The molecule has 1 aliphatic heterocycles. The summed E-state index contributed by atoms with van der Waals surface area (Å²) in [6.07, 6.45) is 4.63. The molecule has 1 saturated heterocycles. The van der Waals surface area contributed by atoms with Crippen molar-refractivity contribution in [3.63, 3.8) is 0 Å². The van der Waals surface area contributed by atoms with Crippen LogP contribution in [0.5, 0.6) is 0 Å². The maximum Gasteiger partial charge on any atom is 0.0446 e. The van der Waals surface area contributed by atoms with E-state index in [9.17, 15) is 5.11 Å². The van der Waals surface area contributed by atoms with Crippen molar-refractivity contribution in [2.45, 2.75) is 25.6 Å². The highest BCUT2D eigenvalue weighted by molar-refractivity contribution is 5.84. The number of pyridine rings is 1. The zero-order valence-corrected chi connectivity index (χ0v) is 15.7. The van der Waals surface area contributed by atoms with E-state index in [1.165, 1.54) is 21.9 Å². The van der Waals surface area contributed by atoms with Crippen molar-refractivity contribution in [1.82, 2.24) is 14.8 Å². The summed E-state index contributed by atoms with van der Waals surface area (Å²) in [6, 6.07) is 19.6. The molecule has 0 bridgehead atoms. The van der Waals surface area contributed by atoms with E-state index in [0.717, 1.165) is 39.1 Å². The first kappa shape index (κ1) is 18.1. The fourth-order valence-electron chi connectivity index (χ4n) is 4.12. The topological polar surface area (TPSA) is 39.6 Å². The van der Waals surface area contributed by atoms with E-state index in [4.69, 9.17) is 0 Å². The summed E-state index contributed by atoms with van der Waals surface area (Å²) in [4.78, 5) is 9.29. The molecule has 2 aromatic carbocycles. The van der Waals surface area contributed by atoms with Crippen LogP contribution in [-0.4, -0.2) is 52.2 Å². The Morgan fingerprint density at radius 2 is 1.85 bits per heavy atom. The van der Waals surface area contributed by atoms with Crippen molar-refractivity contribution < 1.29 is 5.11 Å². The Labute approximate surface area is 161 Å². The minimum absolute atomic E-state index is 0.240. The van der Waals surface area contributed by atoms with Crippen LogP contribution in [-0.2, 0) is 13.1 Å². The monoisotopic (exact) mass is 361 g/mol. The van der Waals surface area contributed by atoms with Crippen LogP contribution < -0.4 is 0 Å². The number of hydrogen-bond acceptors (Lipinski definition) is 4. The summed E-state index contributed by atoms with van der Waals surface area (Å²) >= 11 is 0. The summed E-state index contributed by atoms with van der Waals surface area (Å²) in [5.41, 5.74) is 2.70. The molecule has 2 heterocycles. The molecular formula is C23H27N3O. The zero-order chi connectivity index (χ0) is 18.5. The number of aliphatic hydroxyl groups is 1. The summed E-state index contributed by atoms with van der Waals surface area (Å²) in [6.45, 7) is 5.22. The first-order chi connectivity index (χ1) is 13.3. The van der Waals surface area contributed by atoms with E-state index in [0.29, 0.717) is 6.04 Å². The third kappa shape index (κ3) is 4.35. The molecule has 0 amide bonds. The van der Waals surface area contributed by atoms with Crippen LogP contribution >= 0.6 is 0 Å². The summed E-state index contributed by atoms with van der Waals surface area (Å²) in [7, 11) is 0. The number of aliphatic hydroxyl groups excluding tert-OH is 1. The average molecular weight is 361 g/mol. The predicted molar refractivity (Wildman–Crippen MR) is 109 cm³/mol. The highest BCUT2D eigenvalue weighted by Crippen LogP contribution is 2.22. The van der Waals surface area contributed by atoms with Gasteiger partial charge in [-0.05, 0) is 29.0 Å². The SMILES string of the molecule is OCCC1CN(Cc2cccc3cnccc23)CCN1Cc1ccccc1. The van der Waals surface area contributed by atoms with E-state index < -0.39 is 0 Å². The van der Waals surface area contributed by atoms with E-state index >= 15 is 0 Å². The molecule has 1 N–H and O–H groups in total. The van der Waals surface area contributed by atoms with Crippen molar-refractivity contribution in [2.24, 2.45) is 0 Å². The van der Waals surface area contributed by atoms with Crippen molar-refractivity contribution in [1.29, 1.82) is 0 Å². The number of piperazine rings is 1. The van der Waals surface area contributed by atoms with Gasteiger partial charge in [0.05, 0.1) is 0 Å². The van der Waals surface area contributed by atoms with Crippen molar-refractivity contribution in [2.75, 3.05) is 26.2 Å². The maximum absolute atomic E-state index is 9.57. The molecule has 1 aromatic heterocycles. The third-order valence-corrected chi connectivity index (χ3v) is 5.54. The number of aromatic nitrogens is 1. The van der Waals surface area contributed by atoms with Crippen LogP contribution in [0.25, 0.3) is 10.8 Å². The fraction of sp³-hybridized carbons (Fsp3) is 0.348. The minimum atomic E-state index is 0.240. The van der Waals surface area contributed by atoms with E-state index in [2.05, 4.69) is 69.4 Å². The third-order valence-electron chi connectivity index (χ3n) is 5.54. The van der Waals surface area contributed by atoms with Crippen molar-refractivity contribution >= 4 is 10.8 Å². The molecule has 3 aromatic rings. The number of hydrogen-bond donors (Lipinski definition) is 1. The van der Waals surface area contributed by atoms with Crippen molar-refractivity contribution in [3.05, 3.63) is 78.1 Å². The molecule has 1 aliphatic rings. The standard InChI is InChI=1S/C23H27N3O/c27-14-10-22-18-25(12-13-26(22)16-19-5-2-1-3-6-19)17-21-8-4-7-20-15-24-11-9-23(20)21/h1-9,11,15,22,27H,10,12-14,16-18H2. The molecule has 1 unspecified atom stereocenters. The van der Waals surface area contributed by atoms with Gasteiger partial charge in [-0.2, -0.15) is 0 Å². The summed E-state index contributed by atoms with van der Waals surface area (Å²) in [5, 5.41) is 12.1. The molecule has 140 valence electrons. The summed E-state index contributed by atoms with van der Waals surface area (Å²) in [5.74, 6) is 0. The van der Waals surface area contributed by atoms with Gasteiger partial charge in [0.2, 0.25) is 0 Å². The highest BCUT2D eigenvalue weighted by Gasteiger charge is 2.26. The van der Waals surface area contributed by atoms with Crippen LogP contribution in [0.2, 0.25) is 0 Å². The van der Waals surface area contributed by atoms with Gasteiger partial charge in [0, 0.05) is 63.2 Å². The van der Waals surface area contributed by atoms with Gasteiger partial charge in [-0.15, -0.1) is 0 Å². The summed E-state index contributed by atoms with van der Waals surface area (Å²) < 4.78 is 0. The van der Waals surface area contributed by atoms with Crippen LogP contribution in [0.3, 0.4) is 0 Å². The lowest BCUT2D eigenvalue weighted by molar-refractivity contribution is 0.0502. The van der Waals surface area contributed by atoms with Gasteiger partial charge < -0.3 is 5.11 Å². The Bertz CT molecular complexity index is 862. The Kier molecular flexibility index (Phi) is 5.78. The minimum Gasteiger partial charge on any atom is -0.396 e. The first-order valence-corrected chi connectivity index (χ1v) is 9.76. The molecular weight excluding hydrogens is 334 g/mol. The lowest BCUT2D eigenvalue weighted by atomic mass is 10.0. The predicted octanol–water partition coefficient (Wildman–Crippen LogP) is 3.30. The second-order valence-corrected chi connectivity index (χ2v) is 7.37. The van der Waals surface area contributed by atoms with Crippen LogP contribution in [0.4, 0.5) is 0 Å². The van der Waals surface area contributed by atoms with Gasteiger partial charge >= 0.3 is 0 Å². The number of fused-ring (bicyclic) bond motifs is 1. The fourth-order valence-corrected chi connectivity index (χ4v) is 4.12. The quantitative estimate of drug-likeness (QED) is 0.731. The molecule has 0 aliphatic carbocycles. The molecule has 0 radical (unpaired) electrons. The molecule has 4 nitrogen and oxygen atoms in total. The lowest BCUT2D eigenvalue weighted by Crippen LogP contribution is -2.52. The van der Waals surface area contributed by atoms with E-state index in [-0.39, 0.29) is 6.61 Å². The molecule has 0 saturated carbocycles. The maximum atomic E-state index is 9.57. The van der Waals surface area contributed by atoms with Gasteiger partial charge in [0.1, 0.15) is 0 Å². The normalized spacial score (nSPS) is 18.8. The van der Waals surface area contributed by atoms with Gasteiger partial charge in [0.25, 0.3) is 0 Å². The Morgan fingerprint density at radius 3 is 2.70 bits per heavy atom. The van der Waals surface area contributed by atoms with E-state index in [1.807, 2.05) is 12.4 Å². The molecule has 0 spiro atoms. The smallest absolute Gasteiger partial charge is 0.0446 e. The largest absolute Gasteiger partial charge is 0.396 e. The average Bonchev–Trinajstić information content (AvgIpc) is 2.71. The van der Waals surface area contributed by atoms with E-state index in [1.54, 1.807) is 0 Å². The molecule has 4 heteroatoms. The van der Waals surface area contributed by atoms with Gasteiger partial charge in [-0.1, -0.05) is 48.5 Å². The highest BCUT2D eigenvalue weighted by atomic mass is 16.3. The van der Waals surface area contributed by atoms with Gasteiger partial charge in [-0.3, -0.25) is 14.8 Å². The van der Waals surface area contributed by atoms with Crippen LogP contribution in [0, 0.1) is 0 Å². The molecule has 1 atom stereocenters.